The van der Waals surface area contributed by atoms with Crippen molar-refractivity contribution >= 4 is 0 Å². The van der Waals surface area contributed by atoms with Crippen molar-refractivity contribution in [1.82, 2.24) is 29.6 Å². The van der Waals surface area contributed by atoms with Crippen molar-refractivity contribution in [3.8, 4) is 5.69 Å². The van der Waals surface area contributed by atoms with E-state index in [4.69, 9.17) is 0 Å². The van der Waals surface area contributed by atoms with Crippen LogP contribution in [0.4, 0.5) is 0 Å². The van der Waals surface area contributed by atoms with Gasteiger partial charge in [-0.15, -0.1) is 0 Å². The normalized spacial score (nSPS) is 15.4. The third-order valence-electron chi connectivity index (χ3n) is 2.87. The van der Waals surface area contributed by atoms with Gasteiger partial charge in [-0.1, -0.05) is 0 Å². The van der Waals surface area contributed by atoms with Crippen molar-refractivity contribution in [2.75, 3.05) is 0 Å². The summed E-state index contributed by atoms with van der Waals surface area (Å²) < 4.78 is 4.05. The van der Waals surface area contributed by atoms with Gasteiger partial charge in [0.05, 0.1) is 24.5 Å². The topological polar surface area (TPSA) is 90.8 Å². The van der Waals surface area contributed by atoms with Crippen LogP contribution >= 0.6 is 0 Å². The number of nitrogens with zero attached hydrogens (tertiary/aromatic N) is 6. The summed E-state index contributed by atoms with van der Waals surface area (Å²) in [5.74, 6) is 0. The van der Waals surface area contributed by atoms with Crippen LogP contribution in [0.2, 0.25) is 0 Å². The van der Waals surface area contributed by atoms with E-state index in [9.17, 15) is 9.90 Å². The highest BCUT2D eigenvalue weighted by atomic mass is 16.3. The maximum atomic E-state index is 11.7. The first-order chi connectivity index (χ1) is 8.22. The summed E-state index contributed by atoms with van der Waals surface area (Å²) in [4.78, 5) is 11.7. The fraction of sp³-hybridized carbons (Fsp3) is 0.556. The lowest BCUT2D eigenvalue weighted by atomic mass is 10.4. The summed E-state index contributed by atoms with van der Waals surface area (Å²) in [6.07, 6.45) is 3.66. The molecule has 1 aliphatic rings. The summed E-state index contributed by atoms with van der Waals surface area (Å²) in [5, 5.41) is 21.0. The molecule has 0 atom stereocenters. The quantitative estimate of drug-likeness (QED) is 0.737. The average molecular weight is 236 g/mol. The van der Waals surface area contributed by atoms with Crippen molar-refractivity contribution < 1.29 is 5.11 Å². The molecule has 0 bridgehead atoms. The molecule has 2 aromatic heterocycles. The zero-order valence-corrected chi connectivity index (χ0v) is 9.31. The Hall–Kier alpha value is -1.96. The van der Waals surface area contributed by atoms with Gasteiger partial charge in [0.2, 0.25) is 0 Å². The van der Waals surface area contributed by atoms with Crippen molar-refractivity contribution in [2.45, 2.75) is 25.5 Å². The van der Waals surface area contributed by atoms with Crippen LogP contribution in [0.3, 0.4) is 0 Å². The van der Waals surface area contributed by atoms with Crippen molar-refractivity contribution in [3.63, 3.8) is 0 Å². The van der Waals surface area contributed by atoms with E-state index in [1.807, 2.05) is 0 Å². The minimum atomic E-state index is -0.352. The zero-order chi connectivity index (χ0) is 12.0. The fourth-order valence-corrected chi connectivity index (χ4v) is 1.81. The second kappa shape index (κ2) is 3.52. The number of hydrogen-bond donors (Lipinski definition) is 1. The summed E-state index contributed by atoms with van der Waals surface area (Å²) in [7, 11) is 1.52. The summed E-state index contributed by atoms with van der Waals surface area (Å²) in [6.45, 7) is -0.172. The van der Waals surface area contributed by atoms with Crippen molar-refractivity contribution in [1.29, 1.82) is 0 Å². The van der Waals surface area contributed by atoms with Gasteiger partial charge in [-0.25, -0.2) is 4.79 Å². The third-order valence-corrected chi connectivity index (χ3v) is 2.87. The Bertz CT molecular complexity index is 605. The fourth-order valence-electron chi connectivity index (χ4n) is 1.81. The molecule has 2 heterocycles. The second-order valence-corrected chi connectivity index (χ2v) is 4.11. The molecule has 0 saturated heterocycles. The van der Waals surface area contributed by atoms with Gasteiger partial charge in [0.15, 0.2) is 0 Å². The second-order valence-electron chi connectivity index (χ2n) is 4.11. The number of hydrogen-bond acceptors (Lipinski definition) is 5. The summed E-state index contributed by atoms with van der Waals surface area (Å²) >= 11 is 0. The van der Waals surface area contributed by atoms with E-state index < -0.39 is 0 Å². The molecule has 1 aliphatic carbocycles. The largest absolute Gasteiger partial charge is 0.390 e. The van der Waals surface area contributed by atoms with Gasteiger partial charge in [0.25, 0.3) is 0 Å². The molecule has 3 rings (SSSR count). The van der Waals surface area contributed by atoms with Gasteiger partial charge in [0.1, 0.15) is 5.69 Å². The molecule has 0 spiro atoms. The van der Waals surface area contributed by atoms with E-state index in [0.29, 0.717) is 17.4 Å². The number of rotatable bonds is 3. The average Bonchev–Trinajstić information content (AvgIpc) is 3.01. The standard InChI is InChI=1S/C9H12N6O2/c1-13-9(17)15(12-11-13)7-4-10-14(6-2-3-6)8(7)5-16/h4,6,16H,2-3,5H2,1H3. The van der Waals surface area contributed by atoms with E-state index in [-0.39, 0.29) is 12.3 Å². The predicted molar refractivity (Wildman–Crippen MR) is 56.6 cm³/mol. The third kappa shape index (κ3) is 1.48. The first kappa shape index (κ1) is 10.2. The molecule has 1 saturated carbocycles. The van der Waals surface area contributed by atoms with Crippen LogP contribution in [0.15, 0.2) is 11.0 Å². The Kier molecular flexibility index (Phi) is 2.11. The van der Waals surface area contributed by atoms with E-state index in [1.165, 1.54) is 7.05 Å². The SMILES string of the molecule is Cn1nnn(-c2cnn(C3CC3)c2CO)c1=O. The van der Waals surface area contributed by atoms with E-state index in [0.717, 1.165) is 22.2 Å². The van der Waals surface area contributed by atoms with Crippen molar-refractivity contribution in [2.24, 2.45) is 7.05 Å². The Labute approximate surface area is 96.1 Å². The van der Waals surface area contributed by atoms with Crippen LogP contribution in [-0.4, -0.2) is 34.7 Å². The molecule has 0 aliphatic heterocycles. The lowest BCUT2D eigenvalue weighted by Crippen LogP contribution is -2.22. The van der Waals surface area contributed by atoms with Gasteiger partial charge in [-0.05, 0) is 23.3 Å². The highest BCUT2D eigenvalue weighted by Gasteiger charge is 2.28. The smallest absolute Gasteiger partial charge is 0.368 e. The number of aromatic nitrogens is 6. The van der Waals surface area contributed by atoms with Crippen LogP contribution in [0, 0.1) is 0 Å². The lowest BCUT2D eigenvalue weighted by molar-refractivity contribution is 0.267. The molecule has 90 valence electrons. The molecule has 0 aromatic carbocycles. The first-order valence-corrected chi connectivity index (χ1v) is 5.39. The monoisotopic (exact) mass is 236 g/mol. The number of aliphatic hydroxyl groups is 1. The highest BCUT2D eigenvalue weighted by molar-refractivity contribution is 5.33. The van der Waals surface area contributed by atoms with Gasteiger partial charge < -0.3 is 5.11 Å². The minimum Gasteiger partial charge on any atom is -0.390 e. The molecule has 1 N–H and O–H groups in total. The molecule has 0 radical (unpaired) electrons. The Balaban J connectivity index is 2.14. The molecule has 1 fully saturated rings. The maximum Gasteiger partial charge on any atom is 0.368 e. The number of tetrazole rings is 1. The van der Waals surface area contributed by atoms with E-state index in [1.54, 1.807) is 10.9 Å². The highest BCUT2D eigenvalue weighted by Crippen LogP contribution is 2.36. The first-order valence-electron chi connectivity index (χ1n) is 5.39. The molecule has 8 heteroatoms. The summed E-state index contributed by atoms with van der Waals surface area (Å²) in [6, 6.07) is 0.346. The predicted octanol–water partition coefficient (Wildman–Crippen LogP) is -1.01. The minimum absolute atomic E-state index is 0.172. The lowest BCUT2D eigenvalue weighted by Gasteiger charge is -2.04. The number of aryl methyl sites for hydroxylation is 1. The zero-order valence-electron chi connectivity index (χ0n) is 9.31. The van der Waals surface area contributed by atoms with Gasteiger partial charge in [-0.2, -0.15) is 14.5 Å². The van der Waals surface area contributed by atoms with E-state index in [2.05, 4.69) is 15.5 Å². The van der Waals surface area contributed by atoms with Gasteiger partial charge >= 0.3 is 5.69 Å². The van der Waals surface area contributed by atoms with Crippen LogP contribution in [-0.2, 0) is 13.7 Å². The van der Waals surface area contributed by atoms with Crippen LogP contribution in [0.25, 0.3) is 5.69 Å². The molecule has 17 heavy (non-hydrogen) atoms. The van der Waals surface area contributed by atoms with Crippen LogP contribution in [0.1, 0.15) is 24.6 Å². The van der Waals surface area contributed by atoms with E-state index >= 15 is 0 Å². The van der Waals surface area contributed by atoms with Crippen LogP contribution < -0.4 is 5.69 Å². The molecular formula is C9H12N6O2. The Morgan fingerprint density at radius 3 is 2.76 bits per heavy atom. The molecule has 2 aromatic rings. The Morgan fingerprint density at radius 1 is 1.47 bits per heavy atom. The summed E-state index contributed by atoms with van der Waals surface area (Å²) in [5.41, 5.74) is 0.752. The van der Waals surface area contributed by atoms with Gasteiger partial charge in [-0.3, -0.25) is 4.68 Å². The number of aliphatic hydroxyl groups excluding tert-OH is 1. The Morgan fingerprint density at radius 2 is 2.24 bits per heavy atom. The molecular weight excluding hydrogens is 224 g/mol. The molecule has 8 nitrogen and oxygen atoms in total. The van der Waals surface area contributed by atoms with Gasteiger partial charge in [0, 0.05) is 7.05 Å². The van der Waals surface area contributed by atoms with Crippen LogP contribution in [0.5, 0.6) is 0 Å². The molecule has 0 amide bonds. The van der Waals surface area contributed by atoms with Crippen molar-refractivity contribution in [3.05, 3.63) is 22.4 Å². The molecule has 0 unspecified atom stereocenters. The maximum absolute atomic E-state index is 11.7.